The fourth-order valence-corrected chi connectivity index (χ4v) is 4.49. The van der Waals surface area contributed by atoms with Gasteiger partial charge in [-0.2, -0.15) is 0 Å². The molecule has 2 heterocycles. The first-order chi connectivity index (χ1) is 10.9. The van der Waals surface area contributed by atoms with Crippen molar-refractivity contribution in [3.63, 3.8) is 0 Å². The highest BCUT2D eigenvalue weighted by Crippen LogP contribution is 2.47. The predicted octanol–water partition coefficient (Wildman–Crippen LogP) is 2.52. The Morgan fingerprint density at radius 1 is 1.39 bits per heavy atom. The second-order valence-corrected chi connectivity index (χ2v) is 7.74. The zero-order valence-corrected chi connectivity index (χ0v) is 14.2. The van der Waals surface area contributed by atoms with E-state index in [-0.39, 0.29) is 23.2 Å². The van der Waals surface area contributed by atoms with Crippen molar-refractivity contribution in [1.29, 1.82) is 0 Å². The second kappa shape index (κ2) is 6.17. The van der Waals surface area contributed by atoms with E-state index in [4.69, 9.17) is 16.3 Å². The first-order valence-electron chi connectivity index (χ1n) is 7.32. The zero-order valence-electron chi connectivity index (χ0n) is 12.6. The molecule has 23 heavy (non-hydrogen) atoms. The van der Waals surface area contributed by atoms with E-state index in [1.165, 1.54) is 0 Å². The maximum atomic E-state index is 12.3. The van der Waals surface area contributed by atoms with Crippen LogP contribution in [0.5, 0.6) is 0 Å². The largest absolute Gasteiger partial charge is 0.456 e. The molecule has 1 aromatic carbocycles. The van der Waals surface area contributed by atoms with Crippen molar-refractivity contribution in [2.75, 3.05) is 12.4 Å². The van der Waals surface area contributed by atoms with Crippen molar-refractivity contribution < 1.29 is 19.1 Å². The van der Waals surface area contributed by atoms with Crippen LogP contribution in [0.25, 0.3) is 0 Å². The van der Waals surface area contributed by atoms with Crippen LogP contribution in [0.15, 0.2) is 24.3 Å². The van der Waals surface area contributed by atoms with Crippen molar-refractivity contribution in [3.05, 3.63) is 34.9 Å². The summed E-state index contributed by atoms with van der Waals surface area (Å²) in [5.41, 5.74) is 0.435. The van der Waals surface area contributed by atoms with E-state index < -0.39 is 12.0 Å². The standard InChI is InChI=1S/C16H16ClNO4S/c1-16-7-6-14(20)18(16)12(9-23-16)15(21)22-8-13(19)10-2-4-11(17)5-3-10/h2-5,12H,6-9H2,1H3/t12-,16+/m0/s1. The molecule has 2 saturated heterocycles. The number of halogens is 1. The lowest BCUT2D eigenvalue weighted by atomic mass is 10.1. The number of ketones is 1. The molecule has 3 rings (SSSR count). The number of hydrogen-bond acceptors (Lipinski definition) is 5. The third-order valence-corrected chi connectivity index (χ3v) is 5.99. The van der Waals surface area contributed by atoms with Crippen LogP contribution in [0, 0.1) is 0 Å². The van der Waals surface area contributed by atoms with Crippen molar-refractivity contribution in [2.24, 2.45) is 0 Å². The summed E-state index contributed by atoms with van der Waals surface area (Å²) in [5, 5.41) is 0.536. The smallest absolute Gasteiger partial charge is 0.330 e. The fraction of sp³-hybridized carbons (Fsp3) is 0.438. The molecule has 2 atom stereocenters. The number of benzene rings is 1. The molecule has 2 aliphatic heterocycles. The Bertz CT molecular complexity index is 663. The lowest BCUT2D eigenvalue weighted by Gasteiger charge is -2.29. The molecule has 0 N–H and O–H groups in total. The van der Waals surface area contributed by atoms with E-state index in [1.54, 1.807) is 40.9 Å². The van der Waals surface area contributed by atoms with Crippen LogP contribution in [0.2, 0.25) is 5.02 Å². The van der Waals surface area contributed by atoms with Crippen LogP contribution in [-0.4, -0.2) is 45.8 Å². The predicted molar refractivity (Wildman–Crippen MR) is 87.5 cm³/mol. The Kier molecular flexibility index (Phi) is 4.38. The molecule has 0 spiro atoms. The van der Waals surface area contributed by atoms with Crippen LogP contribution in [0.1, 0.15) is 30.1 Å². The van der Waals surface area contributed by atoms with Crippen LogP contribution in [0.3, 0.4) is 0 Å². The molecule has 0 aliphatic carbocycles. The molecule has 0 saturated carbocycles. The normalized spacial score (nSPS) is 26.3. The lowest BCUT2D eigenvalue weighted by molar-refractivity contribution is -0.152. The van der Waals surface area contributed by atoms with Gasteiger partial charge < -0.3 is 9.64 Å². The van der Waals surface area contributed by atoms with Crippen LogP contribution >= 0.6 is 23.4 Å². The molecule has 0 bridgehead atoms. The highest BCUT2D eigenvalue weighted by atomic mass is 35.5. The van der Waals surface area contributed by atoms with E-state index in [1.807, 2.05) is 6.92 Å². The number of carbonyl (C=O) groups is 3. The molecule has 0 aromatic heterocycles. The molecule has 1 amide bonds. The van der Waals surface area contributed by atoms with Crippen LogP contribution < -0.4 is 0 Å². The first-order valence-corrected chi connectivity index (χ1v) is 8.68. The van der Waals surface area contributed by atoms with Gasteiger partial charge in [0.2, 0.25) is 5.91 Å². The second-order valence-electron chi connectivity index (χ2n) is 5.80. The number of amides is 1. The molecule has 0 radical (unpaired) electrons. The highest BCUT2D eigenvalue weighted by molar-refractivity contribution is 8.01. The summed E-state index contributed by atoms with van der Waals surface area (Å²) in [6, 6.07) is 5.80. The minimum Gasteiger partial charge on any atom is -0.456 e. The van der Waals surface area contributed by atoms with Gasteiger partial charge in [0, 0.05) is 22.8 Å². The zero-order chi connectivity index (χ0) is 16.6. The van der Waals surface area contributed by atoms with E-state index in [2.05, 4.69) is 0 Å². The first kappa shape index (κ1) is 16.3. The number of fused-ring (bicyclic) bond motifs is 1. The van der Waals surface area contributed by atoms with Gasteiger partial charge in [0.05, 0.1) is 4.87 Å². The molecule has 7 heteroatoms. The number of thioether (sulfide) groups is 1. The Morgan fingerprint density at radius 3 is 2.78 bits per heavy atom. The molecule has 0 unspecified atom stereocenters. The third kappa shape index (κ3) is 3.10. The maximum absolute atomic E-state index is 12.3. The average Bonchev–Trinajstić information content (AvgIpc) is 3.02. The SMILES string of the molecule is C[C@@]12CCC(=O)N1[C@H](C(=O)OCC(=O)c1ccc(Cl)cc1)CS2. The summed E-state index contributed by atoms with van der Waals surface area (Å²) in [5.74, 6) is -0.325. The molecular formula is C16H16ClNO4S. The summed E-state index contributed by atoms with van der Waals surface area (Å²) >= 11 is 7.36. The van der Waals surface area contributed by atoms with Crippen molar-refractivity contribution in [1.82, 2.24) is 4.90 Å². The lowest BCUT2D eigenvalue weighted by Crippen LogP contribution is -2.46. The molecule has 2 fully saturated rings. The van der Waals surface area contributed by atoms with Gasteiger partial charge in [0.15, 0.2) is 12.4 Å². The summed E-state index contributed by atoms with van der Waals surface area (Å²) in [6.07, 6.45) is 1.20. The molecule has 122 valence electrons. The number of Topliss-reactive ketones (excluding diaryl/α,β-unsaturated/α-hetero) is 1. The Hall–Kier alpha value is -1.53. The number of ether oxygens (including phenoxy) is 1. The maximum Gasteiger partial charge on any atom is 0.330 e. The van der Waals surface area contributed by atoms with E-state index in [9.17, 15) is 14.4 Å². The summed E-state index contributed by atoms with van der Waals surface area (Å²) < 4.78 is 5.15. The van der Waals surface area contributed by atoms with Gasteiger partial charge in [-0.25, -0.2) is 4.79 Å². The monoisotopic (exact) mass is 353 g/mol. The summed E-state index contributed by atoms with van der Waals surface area (Å²) in [4.78, 5) is 37.6. The summed E-state index contributed by atoms with van der Waals surface area (Å²) in [6.45, 7) is 1.63. The Morgan fingerprint density at radius 2 is 2.09 bits per heavy atom. The minimum atomic E-state index is -0.599. The molecular weight excluding hydrogens is 338 g/mol. The van der Waals surface area contributed by atoms with Gasteiger partial charge in [-0.05, 0) is 37.6 Å². The fourth-order valence-electron chi connectivity index (χ4n) is 2.95. The van der Waals surface area contributed by atoms with Gasteiger partial charge in [0.25, 0.3) is 0 Å². The van der Waals surface area contributed by atoms with Gasteiger partial charge in [0.1, 0.15) is 6.04 Å². The summed E-state index contributed by atoms with van der Waals surface area (Å²) in [7, 11) is 0. The number of rotatable bonds is 4. The Balaban J connectivity index is 1.60. The molecule has 2 aliphatic rings. The van der Waals surface area contributed by atoms with Crippen molar-refractivity contribution in [3.8, 4) is 0 Å². The van der Waals surface area contributed by atoms with Gasteiger partial charge in [-0.15, -0.1) is 11.8 Å². The molecule has 5 nitrogen and oxygen atoms in total. The average molecular weight is 354 g/mol. The van der Waals surface area contributed by atoms with Crippen molar-refractivity contribution in [2.45, 2.75) is 30.7 Å². The number of hydrogen-bond donors (Lipinski definition) is 0. The minimum absolute atomic E-state index is 0.0246. The van der Waals surface area contributed by atoms with Crippen LogP contribution in [-0.2, 0) is 14.3 Å². The van der Waals surface area contributed by atoms with Crippen LogP contribution in [0.4, 0.5) is 0 Å². The number of esters is 1. The van der Waals surface area contributed by atoms with Crippen molar-refractivity contribution >= 4 is 41.0 Å². The topological polar surface area (TPSA) is 63.7 Å². The van der Waals surface area contributed by atoms with E-state index in [0.29, 0.717) is 22.8 Å². The van der Waals surface area contributed by atoms with E-state index in [0.717, 1.165) is 6.42 Å². The highest BCUT2D eigenvalue weighted by Gasteiger charge is 2.53. The quantitative estimate of drug-likeness (QED) is 0.614. The van der Waals surface area contributed by atoms with Gasteiger partial charge >= 0.3 is 5.97 Å². The Labute approximate surface area is 143 Å². The van der Waals surface area contributed by atoms with E-state index >= 15 is 0 Å². The van der Waals surface area contributed by atoms with Gasteiger partial charge in [-0.1, -0.05) is 11.6 Å². The number of carbonyl (C=O) groups excluding carboxylic acids is 3. The number of nitrogens with zero attached hydrogens (tertiary/aromatic N) is 1. The third-order valence-electron chi connectivity index (χ3n) is 4.23. The molecule has 1 aromatic rings. The van der Waals surface area contributed by atoms with Gasteiger partial charge in [-0.3, -0.25) is 9.59 Å².